The molecule has 2 saturated heterocycles. The lowest BCUT2D eigenvalue weighted by Crippen LogP contribution is -2.60. The maximum atomic E-state index is 12.9. The Hall–Kier alpha value is -2.05. The number of fused-ring (bicyclic) bond motifs is 2. The number of nitrogens with zero attached hydrogens (tertiary/aromatic N) is 3. The maximum absolute atomic E-state index is 12.9. The third-order valence-corrected chi connectivity index (χ3v) is 7.28. The number of urea groups is 1. The third-order valence-electron chi connectivity index (χ3n) is 7.28. The first-order chi connectivity index (χ1) is 11.7. The number of aromatic nitrogens is 2. The number of carbonyl (C=O) groups is 2. The summed E-state index contributed by atoms with van der Waals surface area (Å²) in [5, 5.41) is 15.5. The van der Waals surface area contributed by atoms with Crippen LogP contribution in [0, 0.1) is 16.7 Å². The minimum absolute atomic E-state index is 0.0301. The molecule has 2 aliphatic heterocycles. The standard InChI is InChI=1S/C18H26N4O3/c1-17(2)12-4-5-18(17,3)10-22(9-12)16(25)21-7-11(8-21)13-6-14(15(23)24)20-19-13/h6,11-12H,4-5,7-10H2,1-3H3,(H,19,20)(H,23,24)/t12-,18+/m1/s1. The largest absolute Gasteiger partial charge is 0.476 e. The number of carboxylic acids is 1. The summed E-state index contributed by atoms with van der Waals surface area (Å²) in [6, 6.07) is 1.70. The van der Waals surface area contributed by atoms with E-state index in [-0.39, 0.29) is 23.1 Å². The number of likely N-dealkylation sites (tertiary alicyclic amines) is 2. The van der Waals surface area contributed by atoms with Gasteiger partial charge in [-0.1, -0.05) is 20.8 Å². The van der Waals surface area contributed by atoms with E-state index >= 15 is 0 Å². The van der Waals surface area contributed by atoms with Gasteiger partial charge in [-0.15, -0.1) is 0 Å². The van der Waals surface area contributed by atoms with E-state index in [9.17, 15) is 9.59 Å². The second-order valence-electron chi connectivity index (χ2n) is 8.80. The molecule has 1 aliphatic carbocycles. The molecule has 1 aromatic rings. The number of rotatable bonds is 2. The van der Waals surface area contributed by atoms with E-state index < -0.39 is 5.97 Å². The molecule has 3 heterocycles. The Morgan fingerprint density at radius 2 is 1.96 bits per heavy atom. The summed E-state index contributed by atoms with van der Waals surface area (Å²) in [6.07, 6.45) is 2.41. The summed E-state index contributed by atoms with van der Waals surface area (Å²) in [6.45, 7) is 9.97. The van der Waals surface area contributed by atoms with Gasteiger partial charge in [0.15, 0.2) is 5.69 Å². The summed E-state index contributed by atoms with van der Waals surface area (Å²) < 4.78 is 0. The smallest absolute Gasteiger partial charge is 0.356 e. The van der Waals surface area contributed by atoms with Crippen molar-refractivity contribution in [2.24, 2.45) is 16.7 Å². The minimum Gasteiger partial charge on any atom is -0.476 e. The van der Waals surface area contributed by atoms with E-state index in [1.54, 1.807) is 6.07 Å². The van der Waals surface area contributed by atoms with Crippen LogP contribution in [0.3, 0.4) is 0 Å². The number of nitrogens with one attached hydrogen (secondary N) is 1. The van der Waals surface area contributed by atoms with Crippen molar-refractivity contribution in [3.05, 3.63) is 17.5 Å². The van der Waals surface area contributed by atoms with Crippen LogP contribution in [0.5, 0.6) is 0 Å². The van der Waals surface area contributed by atoms with Crippen LogP contribution in [0.4, 0.5) is 4.79 Å². The van der Waals surface area contributed by atoms with Crippen molar-refractivity contribution in [1.82, 2.24) is 20.0 Å². The quantitative estimate of drug-likeness (QED) is 0.860. The molecule has 1 aromatic heterocycles. The summed E-state index contributed by atoms with van der Waals surface area (Å²) >= 11 is 0. The van der Waals surface area contributed by atoms with Crippen LogP contribution in [0.25, 0.3) is 0 Å². The topological polar surface area (TPSA) is 89.5 Å². The van der Waals surface area contributed by atoms with Gasteiger partial charge in [-0.3, -0.25) is 5.10 Å². The maximum Gasteiger partial charge on any atom is 0.356 e. The highest BCUT2D eigenvalue weighted by molar-refractivity contribution is 5.85. The van der Waals surface area contributed by atoms with Gasteiger partial charge in [0.1, 0.15) is 0 Å². The Bertz CT molecular complexity index is 722. The number of carboxylic acid groups (broad SMARTS) is 1. The zero-order valence-corrected chi connectivity index (χ0v) is 15.1. The number of aromatic carboxylic acids is 1. The average Bonchev–Trinajstić information content (AvgIpc) is 2.98. The number of aromatic amines is 1. The van der Waals surface area contributed by atoms with E-state index in [4.69, 9.17) is 5.11 Å². The van der Waals surface area contributed by atoms with Gasteiger partial charge in [-0.25, -0.2) is 9.59 Å². The minimum atomic E-state index is -1.03. The summed E-state index contributed by atoms with van der Waals surface area (Å²) in [7, 11) is 0. The van der Waals surface area contributed by atoms with Crippen LogP contribution in [-0.2, 0) is 0 Å². The molecular formula is C18H26N4O3. The molecule has 0 aromatic carbocycles. The third kappa shape index (κ3) is 2.35. The van der Waals surface area contributed by atoms with E-state index in [0.29, 0.717) is 24.4 Å². The first-order valence-electron chi connectivity index (χ1n) is 9.04. The molecule has 2 amide bonds. The molecule has 7 nitrogen and oxygen atoms in total. The SMILES string of the molecule is CC1(C)[C@@H]2CC[C@@]1(C)CN(C(=O)N1CC(c3cc(C(=O)O)n[nH]3)C1)C2. The van der Waals surface area contributed by atoms with E-state index in [2.05, 4.69) is 31.0 Å². The molecule has 25 heavy (non-hydrogen) atoms. The predicted octanol–water partition coefficient (Wildman–Crippen LogP) is 2.39. The normalized spacial score (nSPS) is 31.1. The molecule has 0 radical (unpaired) electrons. The van der Waals surface area contributed by atoms with Crippen molar-refractivity contribution < 1.29 is 14.7 Å². The monoisotopic (exact) mass is 346 g/mol. The van der Waals surface area contributed by atoms with Crippen LogP contribution >= 0.6 is 0 Å². The Morgan fingerprint density at radius 1 is 1.24 bits per heavy atom. The zero-order chi connectivity index (χ0) is 18.0. The van der Waals surface area contributed by atoms with Crippen molar-refractivity contribution in [1.29, 1.82) is 0 Å². The molecule has 2 bridgehead atoms. The van der Waals surface area contributed by atoms with Crippen LogP contribution < -0.4 is 0 Å². The van der Waals surface area contributed by atoms with E-state index in [0.717, 1.165) is 18.8 Å². The van der Waals surface area contributed by atoms with Gasteiger partial charge in [0.2, 0.25) is 0 Å². The van der Waals surface area contributed by atoms with E-state index in [1.165, 1.54) is 12.8 Å². The molecule has 4 rings (SSSR count). The highest BCUT2D eigenvalue weighted by Crippen LogP contribution is 2.59. The molecule has 2 N–H and O–H groups in total. The Kier molecular flexibility index (Phi) is 3.43. The van der Waals surface area contributed by atoms with Gasteiger partial charge in [0, 0.05) is 37.8 Å². The van der Waals surface area contributed by atoms with Crippen LogP contribution in [-0.4, -0.2) is 63.3 Å². The lowest BCUT2D eigenvalue weighted by Gasteiger charge is -2.52. The van der Waals surface area contributed by atoms with Crippen LogP contribution in [0.2, 0.25) is 0 Å². The lowest BCUT2D eigenvalue weighted by atomic mass is 9.63. The van der Waals surface area contributed by atoms with Gasteiger partial charge in [0.25, 0.3) is 0 Å². The molecule has 2 atom stereocenters. The van der Waals surface area contributed by atoms with Gasteiger partial charge in [-0.05, 0) is 35.7 Å². The van der Waals surface area contributed by atoms with Crippen molar-refractivity contribution in [2.45, 2.75) is 39.5 Å². The first-order valence-corrected chi connectivity index (χ1v) is 9.04. The second-order valence-corrected chi connectivity index (χ2v) is 8.80. The Labute approximate surface area is 147 Å². The van der Waals surface area contributed by atoms with Crippen molar-refractivity contribution in [2.75, 3.05) is 26.2 Å². The average molecular weight is 346 g/mol. The molecule has 136 valence electrons. The van der Waals surface area contributed by atoms with Crippen LogP contribution in [0.1, 0.15) is 55.7 Å². The number of carbonyl (C=O) groups excluding carboxylic acids is 1. The summed E-state index contributed by atoms with van der Waals surface area (Å²) in [4.78, 5) is 27.7. The molecular weight excluding hydrogens is 320 g/mol. The van der Waals surface area contributed by atoms with E-state index in [1.807, 2.05) is 9.80 Å². The number of hydrogen-bond acceptors (Lipinski definition) is 3. The Balaban J connectivity index is 1.38. The number of amides is 2. The molecule has 0 unspecified atom stereocenters. The van der Waals surface area contributed by atoms with Gasteiger partial charge in [-0.2, -0.15) is 5.10 Å². The number of piperidine rings is 1. The van der Waals surface area contributed by atoms with Crippen molar-refractivity contribution >= 4 is 12.0 Å². The van der Waals surface area contributed by atoms with Gasteiger partial charge >= 0.3 is 12.0 Å². The molecule has 7 heteroatoms. The first kappa shape index (κ1) is 16.4. The molecule has 3 aliphatic rings. The fourth-order valence-electron chi connectivity index (χ4n) is 4.86. The molecule has 3 fully saturated rings. The Morgan fingerprint density at radius 3 is 2.56 bits per heavy atom. The molecule has 1 saturated carbocycles. The highest BCUT2D eigenvalue weighted by Gasteiger charge is 2.56. The summed E-state index contributed by atoms with van der Waals surface area (Å²) in [5.41, 5.74) is 1.33. The number of H-pyrrole nitrogens is 1. The second kappa shape index (κ2) is 5.22. The number of hydrogen-bond donors (Lipinski definition) is 2. The highest BCUT2D eigenvalue weighted by atomic mass is 16.4. The van der Waals surface area contributed by atoms with Crippen molar-refractivity contribution in [3.63, 3.8) is 0 Å². The molecule has 0 spiro atoms. The van der Waals surface area contributed by atoms with Gasteiger partial charge in [0.05, 0.1) is 0 Å². The fourth-order valence-corrected chi connectivity index (χ4v) is 4.86. The lowest BCUT2D eigenvalue weighted by molar-refractivity contribution is -0.0116. The predicted molar refractivity (Wildman–Crippen MR) is 91.4 cm³/mol. The van der Waals surface area contributed by atoms with Gasteiger partial charge < -0.3 is 14.9 Å². The van der Waals surface area contributed by atoms with Crippen LogP contribution in [0.15, 0.2) is 6.07 Å². The fraction of sp³-hybridized carbons (Fsp3) is 0.722. The zero-order valence-electron chi connectivity index (χ0n) is 15.1. The van der Waals surface area contributed by atoms with Crippen molar-refractivity contribution in [3.8, 4) is 0 Å². The summed E-state index contributed by atoms with van der Waals surface area (Å²) in [5.74, 6) is -0.300.